The van der Waals surface area contributed by atoms with E-state index < -0.39 is 31.8 Å². The molecule has 9 heteroatoms. The fourth-order valence-corrected chi connectivity index (χ4v) is 2.99. The van der Waals surface area contributed by atoms with E-state index in [4.69, 9.17) is 21.8 Å². The predicted molar refractivity (Wildman–Crippen MR) is 56.2 cm³/mol. The zero-order valence-corrected chi connectivity index (χ0v) is 10.4. The van der Waals surface area contributed by atoms with Crippen molar-refractivity contribution < 1.29 is 33.1 Å². The zero-order valence-electron chi connectivity index (χ0n) is 9.48. The summed E-state index contributed by atoms with van der Waals surface area (Å²) in [4.78, 5) is 9.18. The molecular formula is C8H14BO7P. The number of ether oxygens (including phenoxy) is 2. The van der Waals surface area contributed by atoms with Crippen LogP contribution < -0.4 is 0 Å². The molecule has 0 saturated carbocycles. The lowest BCUT2D eigenvalue weighted by Crippen LogP contribution is -2.46. The molecule has 2 N–H and O–H groups in total. The van der Waals surface area contributed by atoms with Crippen LogP contribution in [-0.2, 0) is 23.1 Å². The van der Waals surface area contributed by atoms with Gasteiger partial charge in [0, 0.05) is 0 Å². The van der Waals surface area contributed by atoms with E-state index in [1.54, 1.807) is 0 Å². The fourth-order valence-electron chi connectivity index (χ4n) is 1.80. The smallest absolute Gasteiger partial charge is 0.376 e. The maximum atomic E-state index is 11.3. The predicted octanol–water partition coefficient (Wildman–Crippen LogP) is -0.491. The van der Waals surface area contributed by atoms with Crippen LogP contribution >= 0.6 is 7.82 Å². The van der Waals surface area contributed by atoms with Crippen molar-refractivity contribution in [2.75, 3.05) is 6.61 Å². The van der Waals surface area contributed by atoms with E-state index >= 15 is 0 Å². The van der Waals surface area contributed by atoms with Crippen molar-refractivity contribution >= 4 is 15.7 Å². The fraction of sp³-hybridized carbons (Fsp3) is 1.00. The largest absolute Gasteiger partial charge is 0.475 e. The van der Waals surface area contributed by atoms with Crippen LogP contribution in [0.25, 0.3) is 0 Å². The van der Waals surface area contributed by atoms with Gasteiger partial charge in [-0.3, -0.25) is 4.52 Å². The molecule has 0 aromatic heterocycles. The summed E-state index contributed by atoms with van der Waals surface area (Å²) in [5.74, 6) is -2.10. The topological polar surface area (TPSA) is 94.5 Å². The Kier molecular flexibility index (Phi) is 3.42. The Morgan fingerprint density at radius 1 is 1.59 bits per heavy atom. The first-order valence-electron chi connectivity index (χ1n) is 5.21. The number of hydrogen-bond donors (Lipinski definition) is 2. The second-order valence-corrected chi connectivity index (χ2v) is 5.65. The number of phosphoric acid groups is 1. The molecule has 5 atom stereocenters. The van der Waals surface area contributed by atoms with Gasteiger partial charge in [-0.1, -0.05) is 0 Å². The summed E-state index contributed by atoms with van der Waals surface area (Å²) in [6.07, 6.45) is -1.93. The second kappa shape index (κ2) is 4.31. The van der Waals surface area contributed by atoms with Crippen LogP contribution in [0.15, 0.2) is 0 Å². The maximum Gasteiger partial charge on any atom is 0.475 e. The van der Waals surface area contributed by atoms with E-state index in [1.165, 1.54) is 0 Å². The van der Waals surface area contributed by atoms with Gasteiger partial charge in [0.05, 0.1) is 18.7 Å². The molecule has 2 heterocycles. The van der Waals surface area contributed by atoms with E-state index in [1.807, 2.05) is 13.8 Å². The van der Waals surface area contributed by atoms with Gasteiger partial charge >= 0.3 is 7.82 Å². The van der Waals surface area contributed by atoms with E-state index in [-0.39, 0.29) is 12.7 Å². The Bertz CT molecular complexity index is 351. The number of rotatable bonds is 3. The van der Waals surface area contributed by atoms with E-state index in [9.17, 15) is 14.6 Å². The van der Waals surface area contributed by atoms with Crippen molar-refractivity contribution in [3.05, 3.63) is 0 Å². The average molecular weight is 264 g/mol. The van der Waals surface area contributed by atoms with Gasteiger partial charge in [0.25, 0.3) is 0 Å². The van der Waals surface area contributed by atoms with Crippen molar-refractivity contribution in [1.29, 1.82) is 0 Å². The van der Waals surface area contributed by atoms with Crippen LogP contribution in [0.2, 0.25) is 0 Å². The zero-order chi connectivity index (χ0) is 12.8. The minimum atomic E-state index is -4.27. The number of phosphoric ester groups is 1. The van der Waals surface area contributed by atoms with Gasteiger partial charge in [0.1, 0.15) is 14.0 Å². The molecule has 2 aliphatic heterocycles. The molecule has 2 radical (unpaired) electrons. The van der Waals surface area contributed by atoms with Crippen LogP contribution in [0.1, 0.15) is 13.8 Å². The highest BCUT2D eigenvalue weighted by molar-refractivity contribution is 7.47. The summed E-state index contributed by atoms with van der Waals surface area (Å²) < 4.78 is 31.0. The maximum absolute atomic E-state index is 11.3. The molecule has 2 aliphatic rings. The van der Waals surface area contributed by atoms with Crippen molar-refractivity contribution in [2.45, 2.75) is 43.9 Å². The summed E-state index contributed by atoms with van der Waals surface area (Å²) in [7, 11) is 1.23. The van der Waals surface area contributed by atoms with Crippen molar-refractivity contribution in [2.24, 2.45) is 0 Å². The minimum absolute atomic E-state index is 0.0493. The Morgan fingerprint density at radius 3 is 2.82 bits per heavy atom. The van der Waals surface area contributed by atoms with Gasteiger partial charge in [-0.2, -0.15) is 0 Å². The highest BCUT2D eigenvalue weighted by Crippen LogP contribution is 2.60. The summed E-state index contributed by atoms with van der Waals surface area (Å²) in [6.45, 7) is 3.73. The third kappa shape index (κ3) is 2.44. The van der Waals surface area contributed by atoms with Gasteiger partial charge in [0.2, 0.25) is 5.79 Å². The van der Waals surface area contributed by atoms with E-state index in [2.05, 4.69) is 4.52 Å². The third-order valence-corrected chi connectivity index (χ3v) is 3.59. The molecular weight excluding hydrogens is 250 g/mol. The molecule has 0 aliphatic carbocycles. The highest BCUT2D eigenvalue weighted by Gasteiger charge is 2.65. The summed E-state index contributed by atoms with van der Waals surface area (Å²) in [5, 5.41) is 9.99. The lowest BCUT2D eigenvalue weighted by molar-refractivity contribution is -0.153. The number of fused-ring (bicyclic) bond motifs is 1. The first-order chi connectivity index (χ1) is 7.74. The van der Waals surface area contributed by atoms with Crippen molar-refractivity contribution in [3.8, 4) is 0 Å². The molecule has 2 fully saturated rings. The van der Waals surface area contributed by atoms with Gasteiger partial charge in [-0.05, 0) is 13.8 Å². The first-order valence-corrected chi connectivity index (χ1v) is 6.71. The first kappa shape index (κ1) is 13.5. The Balaban J connectivity index is 2.10. The molecule has 0 aromatic rings. The van der Waals surface area contributed by atoms with Crippen LogP contribution in [0.5, 0.6) is 0 Å². The Hall–Kier alpha value is 0.0549. The Morgan fingerprint density at radius 2 is 2.24 bits per heavy atom. The van der Waals surface area contributed by atoms with Gasteiger partial charge in [0.15, 0.2) is 6.10 Å². The normalized spacial score (nSPS) is 49.8. The average Bonchev–Trinajstić information content (AvgIpc) is 2.54. The SMILES string of the molecule is [B][C@@H]1O[C@H](COC(C)C)C2OP(=O)(O)O[C@]21O. The van der Waals surface area contributed by atoms with Gasteiger partial charge < -0.3 is 19.5 Å². The second-order valence-electron chi connectivity index (χ2n) is 4.31. The van der Waals surface area contributed by atoms with E-state index in [0.717, 1.165) is 0 Å². The van der Waals surface area contributed by atoms with Gasteiger partial charge in [-0.15, -0.1) is 0 Å². The van der Waals surface area contributed by atoms with Crippen molar-refractivity contribution in [3.63, 3.8) is 0 Å². The third-order valence-electron chi connectivity index (χ3n) is 2.58. The van der Waals surface area contributed by atoms with Crippen LogP contribution in [0, 0.1) is 0 Å². The minimum Gasteiger partial charge on any atom is -0.376 e. The highest BCUT2D eigenvalue weighted by atomic mass is 31.2. The molecule has 2 saturated heterocycles. The molecule has 0 spiro atoms. The molecule has 2 unspecified atom stereocenters. The summed E-state index contributed by atoms with van der Waals surface area (Å²) in [5.41, 5.74) is 0. The molecule has 7 nitrogen and oxygen atoms in total. The van der Waals surface area contributed by atoms with E-state index in [0.29, 0.717) is 0 Å². The monoisotopic (exact) mass is 264 g/mol. The van der Waals surface area contributed by atoms with Gasteiger partial charge in [-0.25, -0.2) is 9.09 Å². The van der Waals surface area contributed by atoms with Crippen LogP contribution in [0.3, 0.4) is 0 Å². The number of hydrogen-bond acceptors (Lipinski definition) is 6. The quantitative estimate of drug-likeness (QED) is 0.524. The van der Waals surface area contributed by atoms with Crippen molar-refractivity contribution in [1.82, 2.24) is 0 Å². The number of aliphatic hydroxyl groups is 1. The molecule has 0 bridgehead atoms. The lowest BCUT2D eigenvalue weighted by atomic mass is 9.90. The molecule has 0 aromatic carbocycles. The molecule has 0 amide bonds. The lowest BCUT2D eigenvalue weighted by Gasteiger charge is -2.21. The molecule has 2 rings (SSSR count). The van der Waals surface area contributed by atoms with Crippen LogP contribution in [-0.4, -0.2) is 54.6 Å². The standard InChI is InChI=1S/C8H14BO7P/c1-4(2)13-3-5-6-8(10,7(9)14-5)16-17(11,12)15-6/h4-7,10H,3H2,1-2H3,(H,11,12)/t5-,6?,7-,8-/m1/s1. The molecule has 96 valence electrons. The summed E-state index contributed by atoms with van der Waals surface area (Å²) >= 11 is 0. The molecule has 17 heavy (non-hydrogen) atoms. The summed E-state index contributed by atoms with van der Waals surface area (Å²) in [6, 6.07) is -1.25. The van der Waals surface area contributed by atoms with Crippen LogP contribution in [0.4, 0.5) is 0 Å². The Labute approximate surface area is 100 Å².